The number of alkyl halides is 6. The van der Waals surface area contributed by atoms with Crippen LogP contribution < -0.4 is 15.4 Å². The molecule has 0 aliphatic carbocycles. The van der Waals surface area contributed by atoms with E-state index in [0.29, 0.717) is 25.2 Å². The van der Waals surface area contributed by atoms with E-state index in [-0.39, 0.29) is 17.3 Å². The Balaban J connectivity index is 1.92. The number of nitrogens with one attached hydrogen (secondary N) is 3. The highest BCUT2D eigenvalue weighted by Gasteiger charge is 2.35. The van der Waals surface area contributed by atoms with E-state index in [0.717, 1.165) is 25.0 Å². The van der Waals surface area contributed by atoms with Crippen LogP contribution in [0.2, 0.25) is 0 Å². The van der Waals surface area contributed by atoms with Crippen LogP contribution in [0, 0.1) is 5.82 Å². The molecule has 1 heterocycles. The van der Waals surface area contributed by atoms with Crippen LogP contribution >= 0.6 is 0 Å². The van der Waals surface area contributed by atoms with Crippen molar-refractivity contribution in [1.29, 1.82) is 0 Å². The van der Waals surface area contributed by atoms with Crippen molar-refractivity contribution in [2.75, 3.05) is 23.8 Å². The number of halogens is 7. The number of sulfonamides is 1. The summed E-state index contributed by atoms with van der Waals surface area (Å²) in [6.45, 7) is -1.48. The molecule has 0 bridgehead atoms. The molecular weight excluding hydrogens is 523 g/mol. The van der Waals surface area contributed by atoms with Crippen molar-refractivity contribution in [3.8, 4) is 0 Å². The first-order chi connectivity index (χ1) is 16.7. The average Bonchev–Trinajstić information content (AvgIpc) is 2.78. The zero-order chi connectivity index (χ0) is 26.7. The Hall–Kier alpha value is -2.91. The molecule has 2 amide bonds. The van der Waals surface area contributed by atoms with Gasteiger partial charge in [-0.2, -0.15) is 26.3 Å². The van der Waals surface area contributed by atoms with Crippen LogP contribution in [0.1, 0.15) is 36.5 Å². The molecule has 0 aromatic heterocycles. The molecule has 1 fully saturated rings. The van der Waals surface area contributed by atoms with Crippen molar-refractivity contribution in [3.63, 3.8) is 0 Å². The van der Waals surface area contributed by atoms with E-state index >= 15 is 0 Å². The summed E-state index contributed by atoms with van der Waals surface area (Å²) in [5.41, 5.74) is -2.16. The summed E-state index contributed by atoms with van der Waals surface area (Å²) in [4.78, 5) is 11.9. The van der Waals surface area contributed by atoms with Crippen molar-refractivity contribution in [1.82, 2.24) is 4.72 Å². The molecule has 0 spiro atoms. The number of carbonyl (C=O) groups excluding carboxylic acids is 1. The minimum Gasteiger partial charge on any atom is -0.373 e. The standard InChI is InChI=1S/C21H20F7N3O4S/c22-12-4-7-16(15(9-12)21(26,27)28)30-19(32)31-17-10-13(36(33,34)29-11-20(23,24)25)5-6-14(17)18-3-1-2-8-35-18/h4-7,9-10,18,29H,1-3,8,11H2,(H2,30,31,32). The fourth-order valence-electron chi connectivity index (χ4n) is 3.47. The summed E-state index contributed by atoms with van der Waals surface area (Å²) >= 11 is 0. The third-order valence-electron chi connectivity index (χ3n) is 5.11. The molecule has 1 unspecified atom stereocenters. The maximum absolute atomic E-state index is 13.3. The molecule has 1 aliphatic heterocycles. The van der Waals surface area contributed by atoms with Gasteiger partial charge in [0.2, 0.25) is 10.0 Å². The highest BCUT2D eigenvalue weighted by molar-refractivity contribution is 7.89. The zero-order valence-electron chi connectivity index (χ0n) is 18.3. The maximum Gasteiger partial charge on any atom is 0.418 e. The van der Waals surface area contributed by atoms with E-state index in [1.807, 2.05) is 5.32 Å². The zero-order valence-corrected chi connectivity index (χ0v) is 19.1. The summed E-state index contributed by atoms with van der Waals surface area (Å²) in [5, 5.41) is 4.16. The van der Waals surface area contributed by atoms with Crippen LogP contribution in [0.5, 0.6) is 0 Å². The van der Waals surface area contributed by atoms with E-state index in [2.05, 4.69) is 5.32 Å². The first kappa shape index (κ1) is 27.7. The Morgan fingerprint density at radius 3 is 2.28 bits per heavy atom. The third-order valence-corrected chi connectivity index (χ3v) is 6.51. The lowest BCUT2D eigenvalue weighted by Crippen LogP contribution is -2.33. The van der Waals surface area contributed by atoms with E-state index < -0.39 is 63.0 Å². The van der Waals surface area contributed by atoms with Crippen LogP contribution in [-0.4, -0.2) is 33.8 Å². The van der Waals surface area contributed by atoms with Gasteiger partial charge in [0.15, 0.2) is 0 Å². The Morgan fingerprint density at radius 2 is 1.67 bits per heavy atom. The SMILES string of the molecule is O=C(Nc1cc(S(=O)(=O)NCC(F)(F)F)ccc1C1CCCCO1)Nc1ccc(F)cc1C(F)(F)F. The minimum absolute atomic E-state index is 0.191. The van der Waals surface area contributed by atoms with Crippen molar-refractivity contribution >= 4 is 27.4 Å². The van der Waals surface area contributed by atoms with Crippen LogP contribution in [0.15, 0.2) is 41.3 Å². The van der Waals surface area contributed by atoms with Crippen molar-refractivity contribution in [3.05, 3.63) is 53.3 Å². The first-order valence-electron chi connectivity index (χ1n) is 10.4. The summed E-state index contributed by atoms with van der Waals surface area (Å²) in [6.07, 6.45) is -8.47. The summed E-state index contributed by atoms with van der Waals surface area (Å²) in [7, 11) is -4.66. The van der Waals surface area contributed by atoms with Gasteiger partial charge in [-0.25, -0.2) is 22.3 Å². The van der Waals surface area contributed by atoms with Gasteiger partial charge in [-0.05, 0) is 49.6 Å². The number of rotatable bonds is 6. The van der Waals surface area contributed by atoms with Gasteiger partial charge in [0.1, 0.15) is 12.4 Å². The van der Waals surface area contributed by atoms with Crippen LogP contribution in [0.25, 0.3) is 0 Å². The van der Waals surface area contributed by atoms with E-state index in [1.54, 1.807) is 0 Å². The Bertz CT molecular complexity index is 1210. The van der Waals surface area contributed by atoms with Gasteiger partial charge in [0.25, 0.3) is 0 Å². The molecule has 1 saturated heterocycles. The predicted octanol–water partition coefficient (Wildman–Crippen LogP) is 5.57. The maximum atomic E-state index is 13.3. The highest BCUT2D eigenvalue weighted by Crippen LogP contribution is 2.37. The number of anilines is 2. The van der Waals surface area contributed by atoms with E-state index in [1.165, 1.54) is 10.8 Å². The number of hydrogen-bond acceptors (Lipinski definition) is 4. The molecule has 3 rings (SSSR count). The van der Waals surface area contributed by atoms with Gasteiger partial charge >= 0.3 is 18.4 Å². The number of carbonyl (C=O) groups is 1. The molecule has 15 heteroatoms. The monoisotopic (exact) mass is 543 g/mol. The highest BCUT2D eigenvalue weighted by atomic mass is 32.2. The lowest BCUT2D eigenvalue weighted by molar-refractivity contribution is -0.137. The second kappa shape index (κ2) is 10.6. The number of urea groups is 1. The molecule has 1 atom stereocenters. The second-order valence-electron chi connectivity index (χ2n) is 7.81. The van der Waals surface area contributed by atoms with Gasteiger partial charge in [-0.3, -0.25) is 0 Å². The molecule has 2 aromatic carbocycles. The summed E-state index contributed by atoms with van der Waals surface area (Å²) in [6, 6.07) is 3.50. The number of hydrogen-bond donors (Lipinski definition) is 3. The number of benzene rings is 2. The van der Waals surface area contributed by atoms with E-state index in [9.17, 15) is 43.9 Å². The number of amides is 2. The summed E-state index contributed by atoms with van der Waals surface area (Å²) < 4.78 is 122. The van der Waals surface area contributed by atoms with Gasteiger partial charge in [-0.15, -0.1) is 0 Å². The van der Waals surface area contributed by atoms with Crippen molar-refractivity contribution < 1.29 is 48.7 Å². The predicted molar refractivity (Wildman–Crippen MR) is 114 cm³/mol. The molecule has 2 aromatic rings. The van der Waals surface area contributed by atoms with Gasteiger partial charge < -0.3 is 15.4 Å². The van der Waals surface area contributed by atoms with Crippen molar-refractivity contribution in [2.45, 2.75) is 42.6 Å². The molecule has 198 valence electrons. The van der Waals surface area contributed by atoms with Crippen LogP contribution in [0.4, 0.5) is 46.9 Å². The lowest BCUT2D eigenvalue weighted by atomic mass is 10.00. The Labute approximate surface area is 201 Å². The minimum atomic E-state index is -5.00. The normalized spacial score (nSPS) is 17.0. The van der Waals surface area contributed by atoms with Crippen molar-refractivity contribution in [2.24, 2.45) is 0 Å². The van der Waals surface area contributed by atoms with Gasteiger partial charge in [0.05, 0.1) is 22.3 Å². The molecule has 36 heavy (non-hydrogen) atoms. The average molecular weight is 543 g/mol. The van der Waals surface area contributed by atoms with Crippen LogP contribution in [0.3, 0.4) is 0 Å². The Kier molecular flexibility index (Phi) is 8.15. The number of ether oxygens (including phenoxy) is 1. The smallest absolute Gasteiger partial charge is 0.373 e. The Morgan fingerprint density at radius 1 is 0.972 bits per heavy atom. The molecule has 7 nitrogen and oxygen atoms in total. The van der Waals surface area contributed by atoms with Gasteiger partial charge in [0, 0.05) is 17.9 Å². The third kappa shape index (κ3) is 7.30. The fraction of sp³-hybridized carbons (Fsp3) is 0.381. The fourth-order valence-corrected chi connectivity index (χ4v) is 4.51. The van der Waals surface area contributed by atoms with E-state index in [4.69, 9.17) is 4.74 Å². The molecular formula is C21H20F7N3O4S. The lowest BCUT2D eigenvalue weighted by Gasteiger charge is -2.25. The molecule has 3 N–H and O–H groups in total. The first-order valence-corrected chi connectivity index (χ1v) is 11.9. The quantitative estimate of drug-likeness (QED) is 0.415. The second-order valence-corrected chi connectivity index (χ2v) is 9.58. The molecule has 0 saturated carbocycles. The van der Waals surface area contributed by atoms with Gasteiger partial charge in [-0.1, -0.05) is 6.07 Å². The molecule has 1 aliphatic rings. The topological polar surface area (TPSA) is 96.5 Å². The summed E-state index contributed by atoms with van der Waals surface area (Å²) in [5.74, 6) is -1.19. The van der Waals surface area contributed by atoms with Crippen LogP contribution in [-0.2, 0) is 20.9 Å². The molecule has 0 radical (unpaired) electrons. The largest absolute Gasteiger partial charge is 0.418 e.